The van der Waals surface area contributed by atoms with Crippen LogP contribution in [0.1, 0.15) is 23.6 Å². The SMILES string of the molecule is CN(CC(=O)N[C@H]1CCSc2ccc(Cl)cc21)S(=O)(=O)c1ccc(C#N)cc1. The highest BCUT2D eigenvalue weighted by molar-refractivity contribution is 7.99. The van der Waals surface area contributed by atoms with E-state index in [0.717, 1.165) is 26.9 Å². The number of fused-ring (bicyclic) bond motifs is 1. The van der Waals surface area contributed by atoms with E-state index < -0.39 is 10.0 Å². The molecule has 2 aromatic rings. The molecule has 1 atom stereocenters. The Labute approximate surface area is 173 Å². The van der Waals surface area contributed by atoms with E-state index in [1.165, 1.54) is 31.3 Å². The number of carbonyl (C=O) groups is 1. The summed E-state index contributed by atoms with van der Waals surface area (Å²) in [5.41, 5.74) is 1.32. The summed E-state index contributed by atoms with van der Waals surface area (Å²) in [5.74, 6) is 0.474. The maximum atomic E-state index is 12.6. The van der Waals surface area contributed by atoms with Crippen molar-refractivity contribution in [3.05, 3.63) is 58.6 Å². The summed E-state index contributed by atoms with van der Waals surface area (Å²) in [5, 5.41) is 12.3. The molecule has 6 nitrogen and oxygen atoms in total. The molecule has 9 heteroatoms. The minimum absolute atomic E-state index is 0.0352. The molecule has 0 radical (unpaired) electrons. The fourth-order valence-corrected chi connectivity index (χ4v) is 5.34. The number of hydrogen-bond acceptors (Lipinski definition) is 5. The van der Waals surface area contributed by atoms with E-state index in [1.54, 1.807) is 11.8 Å². The van der Waals surface area contributed by atoms with Crippen molar-refractivity contribution in [2.24, 2.45) is 0 Å². The molecule has 0 spiro atoms. The summed E-state index contributed by atoms with van der Waals surface area (Å²) in [6.45, 7) is -0.304. The molecular weight excluding hydrogens is 418 g/mol. The van der Waals surface area contributed by atoms with Crippen molar-refractivity contribution in [3.8, 4) is 6.07 Å². The number of benzene rings is 2. The average Bonchev–Trinajstić information content (AvgIpc) is 2.68. The number of hydrogen-bond donors (Lipinski definition) is 1. The molecule has 0 unspecified atom stereocenters. The maximum absolute atomic E-state index is 12.6. The summed E-state index contributed by atoms with van der Waals surface area (Å²) >= 11 is 7.79. The molecule has 1 aliphatic rings. The van der Waals surface area contributed by atoms with Crippen LogP contribution in [-0.4, -0.2) is 38.0 Å². The fourth-order valence-electron chi connectivity index (χ4n) is 2.92. The Morgan fingerprint density at radius 3 is 2.71 bits per heavy atom. The molecule has 0 aliphatic carbocycles. The van der Waals surface area contributed by atoms with Crippen LogP contribution in [-0.2, 0) is 14.8 Å². The molecule has 2 aromatic carbocycles. The number of halogens is 1. The van der Waals surface area contributed by atoms with E-state index in [4.69, 9.17) is 16.9 Å². The summed E-state index contributed by atoms with van der Waals surface area (Å²) in [6, 6.07) is 12.9. The highest BCUT2D eigenvalue weighted by atomic mass is 35.5. The van der Waals surface area contributed by atoms with Gasteiger partial charge in [-0.2, -0.15) is 9.57 Å². The topological polar surface area (TPSA) is 90.3 Å². The van der Waals surface area contributed by atoms with Crippen LogP contribution in [0.25, 0.3) is 0 Å². The van der Waals surface area contributed by atoms with Crippen molar-refractivity contribution in [1.29, 1.82) is 5.26 Å². The molecule has 0 bridgehead atoms. The van der Waals surface area contributed by atoms with Gasteiger partial charge in [0.05, 0.1) is 29.1 Å². The molecule has 146 valence electrons. The van der Waals surface area contributed by atoms with Crippen molar-refractivity contribution in [2.75, 3.05) is 19.3 Å². The van der Waals surface area contributed by atoms with Crippen LogP contribution >= 0.6 is 23.4 Å². The Morgan fingerprint density at radius 1 is 1.32 bits per heavy atom. The second kappa shape index (κ2) is 8.53. The summed E-state index contributed by atoms with van der Waals surface area (Å²) in [7, 11) is -2.47. The van der Waals surface area contributed by atoms with Gasteiger partial charge in [-0.25, -0.2) is 8.42 Å². The van der Waals surface area contributed by atoms with Gasteiger partial charge in [0.1, 0.15) is 0 Å². The van der Waals surface area contributed by atoms with E-state index in [2.05, 4.69) is 5.32 Å². The van der Waals surface area contributed by atoms with Gasteiger partial charge in [-0.1, -0.05) is 11.6 Å². The second-order valence-corrected chi connectivity index (χ2v) is 9.95. The Balaban J connectivity index is 1.69. The average molecular weight is 436 g/mol. The van der Waals surface area contributed by atoms with Crippen molar-refractivity contribution >= 4 is 39.3 Å². The van der Waals surface area contributed by atoms with Gasteiger partial charge in [-0.3, -0.25) is 4.79 Å². The number of nitriles is 1. The number of nitrogens with one attached hydrogen (secondary N) is 1. The van der Waals surface area contributed by atoms with E-state index in [9.17, 15) is 13.2 Å². The van der Waals surface area contributed by atoms with Crippen LogP contribution in [0.5, 0.6) is 0 Å². The number of likely N-dealkylation sites (N-methyl/N-ethyl adjacent to an activating group) is 1. The first-order valence-electron chi connectivity index (χ1n) is 8.49. The van der Waals surface area contributed by atoms with Crippen LogP contribution < -0.4 is 5.32 Å². The first kappa shape index (κ1) is 20.7. The zero-order valence-electron chi connectivity index (χ0n) is 15.1. The highest BCUT2D eigenvalue weighted by Crippen LogP contribution is 2.37. The lowest BCUT2D eigenvalue weighted by molar-refractivity contribution is -0.121. The zero-order chi connectivity index (χ0) is 20.3. The molecule has 1 N–H and O–H groups in total. The van der Waals surface area contributed by atoms with Gasteiger partial charge >= 0.3 is 0 Å². The predicted molar refractivity (Wildman–Crippen MR) is 109 cm³/mol. The highest BCUT2D eigenvalue weighted by Gasteiger charge is 2.26. The number of amides is 1. The largest absolute Gasteiger partial charge is 0.348 e. The van der Waals surface area contributed by atoms with Gasteiger partial charge in [-0.15, -0.1) is 11.8 Å². The molecule has 28 heavy (non-hydrogen) atoms. The standard InChI is InChI=1S/C19H18ClN3O3S2/c1-23(28(25,26)15-5-2-13(11-21)3-6-15)12-19(24)22-17-8-9-27-18-7-4-14(20)10-16(17)18/h2-7,10,17H,8-9,12H2,1H3,(H,22,24)/t17-/m0/s1. The molecule has 1 heterocycles. The van der Waals surface area contributed by atoms with Gasteiger partial charge in [-0.05, 0) is 54.4 Å². The molecule has 0 saturated carbocycles. The molecule has 1 amide bonds. The Hall–Kier alpha value is -2.05. The lowest BCUT2D eigenvalue weighted by atomic mass is 10.0. The monoisotopic (exact) mass is 435 g/mol. The second-order valence-electron chi connectivity index (χ2n) is 6.34. The van der Waals surface area contributed by atoms with Crippen molar-refractivity contribution in [1.82, 2.24) is 9.62 Å². The summed E-state index contributed by atoms with van der Waals surface area (Å²) in [4.78, 5) is 13.6. The maximum Gasteiger partial charge on any atom is 0.243 e. The molecule has 1 aliphatic heterocycles. The molecule has 3 rings (SSSR count). The quantitative estimate of drug-likeness (QED) is 0.778. The molecule has 0 aromatic heterocycles. The van der Waals surface area contributed by atoms with Gasteiger partial charge in [0.2, 0.25) is 15.9 Å². The van der Waals surface area contributed by atoms with E-state index in [0.29, 0.717) is 10.6 Å². The van der Waals surface area contributed by atoms with Crippen LogP contribution in [0, 0.1) is 11.3 Å². The Morgan fingerprint density at radius 2 is 2.04 bits per heavy atom. The van der Waals surface area contributed by atoms with Gasteiger partial charge in [0, 0.05) is 22.7 Å². The molecule has 0 fully saturated rings. The molecule has 0 saturated heterocycles. The lowest BCUT2D eigenvalue weighted by Crippen LogP contribution is -2.40. The zero-order valence-corrected chi connectivity index (χ0v) is 17.4. The number of rotatable bonds is 5. The first-order valence-corrected chi connectivity index (χ1v) is 11.3. The van der Waals surface area contributed by atoms with Gasteiger partial charge in [0.15, 0.2) is 0 Å². The van der Waals surface area contributed by atoms with Crippen LogP contribution in [0.2, 0.25) is 5.02 Å². The normalized spacial score (nSPS) is 16.3. The van der Waals surface area contributed by atoms with Crippen molar-refractivity contribution in [3.63, 3.8) is 0 Å². The molecular formula is C19H18ClN3O3S2. The smallest absolute Gasteiger partial charge is 0.243 e. The third-order valence-electron chi connectivity index (χ3n) is 4.40. The van der Waals surface area contributed by atoms with Crippen molar-refractivity contribution in [2.45, 2.75) is 22.3 Å². The summed E-state index contributed by atoms with van der Waals surface area (Å²) in [6.07, 6.45) is 0.746. The number of sulfonamides is 1. The van der Waals surface area contributed by atoms with Crippen LogP contribution in [0.4, 0.5) is 0 Å². The Kier molecular flexibility index (Phi) is 6.30. The minimum atomic E-state index is -3.83. The first-order chi connectivity index (χ1) is 13.3. The summed E-state index contributed by atoms with van der Waals surface area (Å²) < 4.78 is 26.3. The number of nitrogens with zero attached hydrogens (tertiary/aromatic N) is 2. The van der Waals surface area contributed by atoms with Gasteiger partial charge < -0.3 is 5.32 Å². The van der Waals surface area contributed by atoms with E-state index in [1.807, 2.05) is 24.3 Å². The lowest BCUT2D eigenvalue weighted by Gasteiger charge is -2.27. The van der Waals surface area contributed by atoms with Gasteiger partial charge in [0.25, 0.3) is 0 Å². The van der Waals surface area contributed by atoms with E-state index in [-0.39, 0.29) is 23.4 Å². The predicted octanol–water partition coefficient (Wildman–Crippen LogP) is 3.19. The third-order valence-corrected chi connectivity index (χ3v) is 7.58. The van der Waals surface area contributed by atoms with E-state index >= 15 is 0 Å². The number of carbonyl (C=O) groups excluding carboxylic acids is 1. The fraction of sp³-hybridized carbons (Fsp3) is 0.263. The third kappa shape index (κ3) is 4.50. The van der Waals surface area contributed by atoms with Crippen LogP contribution in [0.3, 0.4) is 0 Å². The minimum Gasteiger partial charge on any atom is -0.348 e. The Bertz CT molecular complexity index is 1030. The number of thioether (sulfide) groups is 1. The van der Waals surface area contributed by atoms with Crippen molar-refractivity contribution < 1.29 is 13.2 Å². The van der Waals surface area contributed by atoms with Crippen LogP contribution in [0.15, 0.2) is 52.3 Å².